The number of nitrogens with one attached hydrogen (secondary N) is 1. The molecule has 1 N–H and O–H groups in total. The molecule has 2 aromatic heterocycles. The fraction of sp³-hybridized carbons (Fsp3) is 0.591. The van der Waals surface area contributed by atoms with Crippen LogP contribution in [0.15, 0.2) is 36.8 Å². The Balaban J connectivity index is 1.33. The van der Waals surface area contributed by atoms with Crippen LogP contribution in [0, 0.1) is 18.8 Å². The number of imidazole rings is 1. The zero-order valence-electron chi connectivity index (χ0n) is 16.9. The maximum Gasteiger partial charge on any atom is 0.317 e. The van der Waals surface area contributed by atoms with E-state index in [0.29, 0.717) is 23.8 Å². The molecule has 0 aromatic carbocycles. The van der Waals surface area contributed by atoms with E-state index in [1.54, 1.807) is 6.20 Å². The summed E-state index contributed by atoms with van der Waals surface area (Å²) in [6, 6.07) is 6.46. The number of ether oxygens (including phenoxy) is 1. The minimum Gasteiger partial charge on any atom is -0.472 e. The van der Waals surface area contributed by atoms with E-state index in [1.165, 1.54) is 6.42 Å². The Morgan fingerprint density at radius 2 is 1.97 bits per heavy atom. The van der Waals surface area contributed by atoms with Crippen molar-refractivity contribution < 1.29 is 9.53 Å². The van der Waals surface area contributed by atoms with Crippen LogP contribution in [0.5, 0.6) is 5.88 Å². The minimum absolute atomic E-state index is 0.0219. The Morgan fingerprint density at radius 3 is 2.62 bits per heavy atom. The van der Waals surface area contributed by atoms with Crippen molar-refractivity contribution in [2.75, 3.05) is 13.1 Å². The highest BCUT2D eigenvalue weighted by atomic mass is 16.5. The van der Waals surface area contributed by atoms with Gasteiger partial charge < -0.3 is 19.5 Å². The summed E-state index contributed by atoms with van der Waals surface area (Å²) >= 11 is 0. The second kappa shape index (κ2) is 7.69. The molecule has 3 fully saturated rings. The molecule has 1 saturated heterocycles. The summed E-state index contributed by atoms with van der Waals surface area (Å²) in [6.07, 6.45) is 11.1. The highest BCUT2D eigenvalue weighted by Gasteiger charge is 2.45. The molecule has 0 spiro atoms. The van der Waals surface area contributed by atoms with Crippen molar-refractivity contribution in [2.24, 2.45) is 11.8 Å². The lowest BCUT2D eigenvalue weighted by atomic mass is 9.77. The molecule has 0 unspecified atom stereocenters. The number of aryl methyl sites for hydroxylation is 1. The van der Waals surface area contributed by atoms with Gasteiger partial charge in [0, 0.05) is 43.8 Å². The van der Waals surface area contributed by atoms with Crippen LogP contribution in [-0.2, 0) is 0 Å². The number of pyridine rings is 1. The van der Waals surface area contributed by atoms with Crippen LogP contribution < -0.4 is 10.1 Å². The van der Waals surface area contributed by atoms with Gasteiger partial charge in [-0.3, -0.25) is 0 Å². The molecule has 154 valence electrons. The third-order valence-corrected chi connectivity index (χ3v) is 6.93. The van der Waals surface area contributed by atoms with Crippen LogP contribution in [0.25, 0.3) is 0 Å². The number of amides is 2. The maximum atomic E-state index is 12.7. The third-order valence-electron chi connectivity index (χ3n) is 6.93. The maximum absolute atomic E-state index is 12.7. The number of nitrogens with zero attached hydrogens (tertiary/aromatic N) is 4. The Labute approximate surface area is 171 Å². The second-order valence-electron chi connectivity index (χ2n) is 8.75. The molecule has 5 rings (SSSR count). The summed E-state index contributed by atoms with van der Waals surface area (Å²) in [5.41, 5.74) is 0. The first-order chi connectivity index (χ1) is 14.2. The molecule has 7 heteroatoms. The van der Waals surface area contributed by atoms with Crippen LogP contribution in [0.1, 0.15) is 44.0 Å². The zero-order chi connectivity index (χ0) is 19.8. The zero-order valence-corrected chi connectivity index (χ0v) is 16.9. The molecule has 7 nitrogen and oxygen atoms in total. The van der Waals surface area contributed by atoms with Crippen molar-refractivity contribution in [3.05, 3.63) is 42.6 Å². The van der Waals surface area contributed by atoms with Gasteiger partial charge >= 0.3 is 6.03 Å². The number of likely N-dealkylation sites (tertiary alicyclic amines) is 1. The van der Waals surface area contributed by atoms with Crippen LogP contribution in [0.4, 0.5) is 4.79 Å². The van der Waals surface area contributed by atoms with Crippen molar-refractivity contribution in [1.29, 1.82) is 0 Å². The SMILES string of the molecule is Cc1nccn1[C@H]1C[C@H]2CN(C(=O)NC3CCC3)C[C@H]2C[C@@H]1Oc1ccccn1. The molecule has 2 amide bonds. The van der Waals surface area contributed by atoms with Crippen molar-refractivity contribution in [3.8, 4) is 5.88 Å². The Morgan fingerprint density at radius 1 is 1.14 bits per heavy atom. The van der Waals surface area contributed by atoms with Crippen LogP contribution in [-0.4, -0.2) is 50.7 Å². The minimum atomic E-state index is 0.0219. The summed E-state index contributed by atoms with van der Waals surface area (Å²) in [5.74, 6) is 2.63. The number of hydrogen-bond acceptors (Lipinski definition) is 4. The van der Waals surface area contributed by atoms with E-state index in [4.69, 9.17) is 4.74 Å². The van der Waals surface area contributed by atoms with Gasteiger partial charge in [0.2, 0.25) is 5.88 Å². The van der Waals surface area contributed by atoms with Crippen LogP contribution >= 0.6 is 0 Å². The van der Waals surface area contributed by atoms with E-state index in [-0.39, 0.29) is 18.2 Å². The average Bonchev–Trinajstić information content (AvgIpc) is 3.30. The Bertz CT molecular complexity index is 850. The van der Waals surface area contributed by atoms with Gasteiger partial charge in [0.15, 0.2) is 0 Å². The first-order valence-corrected chi connectivity index (χ1v) is 10.8. The molecular weight excluding hydrogens is 366 g/mol. The summed E-state index contributed by atoms with van der Waals surface area (Å²) in [5, 5.41) is 3.20. The summed E-state index contributed by atoms with van der Waals surface area (Å²) in [4.78, 5) is 23.5. The highest BCUT2D eigenvalue weighted by molar-refractivity contribution is 5.75. The number of fused-ring (bicyclic) bond motifs is 1. The van der Waals surface area contributed by atoms with Crippen molar-refractivity contribution >= 4 is 6.03 Å². The molecule has 2 saturated carbocycles. The summed E-state index contributed by atoms with van der Waals surface area (Å²) in [7, 11) is 0. The van der Waals surface area contributed by atoms with E-state index < -0.39 is 0 Å². The number of carbonyl (C=O) groups excluding carboxylic acids is 1. The molecule has 4 atom stereocenters. The predicted octanol–water partition coefficient (Wildman–Crippen LogP) is 3.18. The van der Waals surface area contributed by atoms with E-state index in [0.717, 1.165) is 44.6 Å². The predicted molar refractivity (Wildman–Crippen MR) is 109 cm³/mol. The molecule has 2 aliphatic carbocycles. The number of hydrogen-bond donors (Lipinski definition) is 1. The van der Waals surface area contributed by atoms with Crippen LogP contribution in [0.2, 0.25) is 0 Å². The van der Waals surface area contributed by atoms with Crippen LogP contribution in [0.3, 0.4) is 0 Å². The number of urea groups is 1. The summed E-state index contributed by atoms with van der Waals surface area (Å²) in [6.45, 7) is 3.70. The molecular formula is C22H29N5O2. The smallest absolute Gasteiger partial charge is 0.317 e. The van der Waals surface area contributed by atoms with Gasteiger partial charge in [-0.05, 0) is 56.9 Å². The second-order valence-corrected chi connectivity index (χ2v) is 8.75. The van der Waals surface area contributed by atoms with Gasteiger partial charge in [-0.1, -0.05) is 6.07 Å². The lowest BCUT2D eigenvalue weighted by molar-refractivity contribution is 0.0504. The quantitative estimate of drug-likeness (QED) is 0.863. The van der Waals surface area contributed by atoms with E-state index in [2.05, 4.69) is 19.9 Å². The largest absolute Gasteiger partial charge is 0.472 e. The van der Waals surface area contributed by atoms with E-state index in [9.17, 15) is 4.79 Å². The molecule has 3 heterocycles. The molecule has 0 radical (unpaired) electrons. The number of carbonyl (C=O) groups is 1. The number of aromatic nitrogens is 3. The lowest BCUT2D eigenvalue weighted by Gasteiger charge is -2.38. The monoisotopic (exact) mass is 395 g/mol. The van der Waals surface area contributed by atoms with Gasteiger partial charge in [-0.25, -0.2) is 14.8 Å². The standard InChI is InChI=1S/C22H29N5O2/c1-15-23-9-10-27(15)19-11-16-13-26(22(28)25-18-5-4-6-18)14-17(16)12-20(19)29-21-7-2-3-8-24-21/h2-3,7-10,16-20H,4-6,11-14H2,1H3,(H,25,28)/t16-,17+,19-,20-/m0/s1. The van der Waals surface area contributed by atoms with E-state index in [1.807, 2.05) is 42.4 Å². The van der Waals surface area contributed by atoms with Gasteiger partial charge in [0.05, 0.1) is 6.04 Å². The third kappa shape index (κ3) is 3.70. The first-order valence-electron chi connectivity index (χ1n) is 10.8. The van der Waals surface area contributed by atoms with Gasteiger partial charge in [-0.2, -0.15) is 0 Å². The molecule has 3 aliphatic rings. The first kappa shape index (κ1) is 18.5. The molecule has 0 bridgehead atoms. The fourth-order valence-corrected chi connectivity index (χ4v) is 5.10. The fourth-order valence-electron chi connectivity index (χ4n) is 5.10. The van der Waals surface area contributed by atoms with Crippen molar-refractivity contribution in [1.82, 2.24) is 24.8 Å². The normalized spacial score (nSPS) is 29.2. The Hall–Kier alpha value is -2.57. The Kier molecular flexibility index (Phi) is 4.89. The van der Waals surface area contributed by atoms with Crippen molar-refractivity contribution in [3.63, 3.8) is 0 Å². The topological polar surface area (TPSA) is 72.3 Å². The van der Waals surface area contributed by atoms with Gasteiger partial charge in [-0.15, -0.1) is 0 Å². The number of rotatable bonds is 4. The highest BCUT2D eigenvalue weighted by Crippen LogP contribution is 2.43. The van der Waals surface area contributed by atoms with Crippen molar-refractivity contribution in [2.45, 2.75) is 57.2 Å². The molecule has 1 aliphatic heterocycles. The average molecular weight is 396 g/mol. The van der Waals surface area contributed by atoms with Gasteiger partial charge in [0.1, 0.15) is 11.9 Å². The lowest BCUT2D eigenvalue weighted by Crippen LogP contribution is -2.46. The van der Waals surface area contributed by atoms with Gasteiger partial charge in [0.25, 0.3) is 0 Å². The summed E-state index contributed by atoms with van der Waals surface area (Å²) < 4.78 is 8.60. The molecule has 2 aromatic rings. The molecule has 29 heavy (non-hydrogen) atoms. The van der Waals surface area contributed by atoms with E-state index >= 15 is 0 Å².